The molecule has 2 heterocycles. The lowest BCUT2D eigenvalue weighted by atomic mass is 10.1. The topological polar surface area (TPSA) is 71.5 Å². The van der Waals surface area contributed by atoms with Crippen LogP contribution >= 0.6 is 0 Å². The van der Waals surface area contributed by atoms with Crippen LogP contribution in [0.2, 0.25) is 0 Å². The molecule has 1 unspecified atom stereocenters. The van der Waals surface area contributed by atoms with Crippen LogP contribution < -0.4 is 15.0 Å². The molecular weight excluding hydrogens is 294 g/mol. The minimum atomic E-state index is -0.782. The molecule has 2 amide bonds. The van der Waals surface area contributed by atoms with E-state index in [2.05, 4.69) is 10.3 Å². The van der Waals surface area contributed by atoms with E-state index in [1.54, 1.807) is 35.4 Å². The van der Waals surface area contributed by atoms with Gasteiger partial charge in [-0.25, -0.2) is 4.98 Å². The summed E-state index contributed by atoms with van der Waals surface area (Å²) in [4.78, 5) is 30.0. The van der Waals surface area contributed by atoms with Crippen molar-refractivity contribution in [1.82, 2.24) is 4.98 Å². The van der Waals surface area contributed by atoms with E-state index in [0.29, 0.717) is 17.3 Å². The first-order valence-corrected chi connectivity index (χ1v) is 7.32. The lowest BCUT2D eigenvalue weighted by Gasteiger charge is -2.33. The van der Waals surface area contributed by atoms with E-state index < -0.39 is 6.10 Å². The molecule has 1 aromatic carbocycles. The Bertz CT molecular complexity index is 760. The van der Waals surface area contributed by atoms with Crippen molar-refractivity contribution >= 4 is 23.3 Å². The van der Waals surface area contributed by atoms with Gasteiger partial charge in [-0.15, -0.1) is 0 Å². The normalized spacial score (nSPS) is 16.3. The van der Waals surface area contributed by atoms with Crippen LogP contribution in [-0.2, 0) is 9.59 Å². The Morgan fingerprint density at radius 3 is 2.78 bits per heavy atom. The molecule has 0 aliphatic carbocycles. The first kappa shape index (κ1) is 15.0. The highest BCUT2D eigenvalue weighted by Crippen LogP contribution is 2.33. The lowest BCUT2D eigenvalue weighted by Crippen LogP contribution is -2.48. The summed E-state index contributed by atoms with van der Waals surface area (Å²) < 4.78 is 5.75. The van der Waals surface area contributed by atoms with Crippen LogP contribution in [0, 0.1) is 6.92 Å². The minimum Gasteiger partial charge on any atom is -0.476 e. The number of amides is 2. The first-order valence-electron chi connectivity index (χ1n) is 7.32. The van der Waals surface area contributed by atoms with E-state index in [1.165, 1.54) is 6.92 Å². The molecular formula is C17H17N3O3. The number of aromatic nitrogens is 1. The maximum atomic E-state index is 12.5. The third-order valence-electron chi connectivity index (χ3n) is 3.70. The molecule has 0 radical (unpaired) electrons. The Morgan fingerprint density at radius 1 is 1.26 bits per heavy atom. The summed E-state index contributed by atoms with van der Waals surface area (Å²) in [6.45, 7) is 3.51. The molecule has 1 N–H and O–H groups in total. The van der Waals surface area contributed by atoms with Crippen molar-refractivity contribution in [2.45, 2.75) is 20.0 Å². The number of ether oxygens (including phenoxy) is 1. The molecule has 118 valence electrons. The number of carbonyl (C=O) groups is 2. The van der Waals surface area contributed by atoms with Crippen molar-refractivity contribution in [3.8, 4) is 5.75 Å². The SMILES string of the molecule is CC(=O)N1CC(C(=O)Nc2ncccc2C)Oc2ccccc21. The quantitative estimate of drug-likeness (QED) is 0.922. The van der Waals surface area contributed by atoms with Crippen molar-refractivity contribution < 1.29 is 14.3 Å². The van der Waals surface area contributed by atoms with Crippen LogP contribution in [0.15, 0.2) is 42.6 Å². The molecule has 1 aromatic heterocycles. The Balaban J connectivity index is 1.83. The summed E-state index contributed by atoms with van der Waals surface area (Å²) >= 11 is 0. The van der Waals surface area contributed by atoms with Crippen LogP contribution in [-0.4, -0.2) is 29.4 Å². The van der Waals surface area contributed by atoms with Gasteiger partial charge in [0, 0.05) is 13.1 Å². The second kappa shape index (κ2) is 6.08. The molecule has 1 atom stereocenters. The van der Waals surface area contributed by atoms with Crippen LogP contribution in [0.25, 0.3) is 0 Å². The van der Waals surface area contributed by atoms with E-state index in [1.807, 2.05) is 19.1 Å². The Labute approximate surface area is 134 Å². The number of aryl methyl sites for hydroxylation is 1. The number of anilines is 2. The molecule has 23 heavy (non-hydrogen) atoms. The van der Waals surface area contributed by atoms with Crippen LogP contribution in [0.1, 0.15) is 12.5 Å². The maximum Gasteiger partial charge on any atom is 0.268 e. The van der Waals surface area contributed by atoms with Gasteiger partial charge in [-0.05, 0) is 30.7 Å². The summed E-state index contributed by atoms with van der Waals surface area (Å²) in [6, 6.07) is 10.8. The van der Waals surface area contributed by atoms with Crippen LogP contribution in [0.4, 0.5) is 11.5 Å². The third-order valence-corrected chi connectivity index (χ3v) is 3.70. The van der Waals surface area contributed by atoms with E-state index in [9.17, 15) is 9.59 Å². The zero-order chi connectivity index (χ0) is 16.4. The predicted molar refractivity (Wildman–Crippen MR) is 86.5 cm³/mol. The van der Waals surface area contributed by atoms with Crippen LogP contribution in [0.3, 0.4) is 0 Å². The van der Waals surface area contributed by atoms with Gasteiger partial charge < -0.3 is 15.0 Å². The monoisotopic (exact) mass is 311 g/mol. The summed E-state index contributed by atoms with van der Waals surface area (Å²) in [5, 5.41) is 2.76. The Hall–Kier alpha value is -2.89. The molecule has 0 spiro atoms. The van der Waals surface area contributed by atoms with E-state index in [0.717, 1.165) is 5.56 Å². The largest absolute Gasteiger partial charge is 0.476 e. The summed E-state index contributed by atoms with van der Waals surface area (Å²) in [6.07, 6.45) is 0.830. The van der Waals surface area contributed by atoms with Gasteiger partial charge in [-0.3, -0.25) is 9.59 Å². The van der Waals surface area contributed by atoms with Crippen LogP contribution in [0.5, 0.6) is 5.75 Å². The Kier molecular flexibility index (Phi) is 3.97. The number of fused-ring (bicyclic) bond motifs is 1. The molecule has 6 nitrogen and oxygen atoms in total. The fraction of sp³-hybridized carbons (Fsp3) is 0.235. The van der Waals surface area contributed by atoms with Gasteiger partial charge in [-0.1, -0.05) is 18.2 Å². The molecule has 0 saturated heterocycles. The van der Waals surface area contributed by atoms with E-state index >= 15 is 0 Å². The van der Waals surface area contributed by atoms with Crippen molar-refractivity contribution in [1.29, 1.82) is 0 Å². The highest BCUT2D eigenvalue weighted by Gasteiger charge is 2.32. The van der Waals surface area contributed by atoms with Gasteiger partial charge in [0.25, 0.3) is 5.91 Å². The zero-order valence-corrected chi connectivity index (χ0v) is 12.9. The van der Waals surface area contributed by atoms with Crippen molar-refractivity contribution in [2.24, 2.45) is 0 Å². The zero-order valence-electron chi connectivity index (χ0n) is 12.9. The minimum absolute atomic E-state index is 0.132. The number of nitrogens with zero attached hydrogens (tertiary/aromatic N) is 2. The highest BCUT2D eigenvalue weighted by molar-refractivity contribution is 5.99. The number of rotatable bonds is 2. The van der Waals surface area contributed by atoms with Gasteiger partial charge in [0.2, 0.25) is 5.91 Å². The molecule has 6 heteroatoms. The van der Waals surface area contributed by atoms with Gasteiger partial charge >= 0.3 is 0 Å². The van der Waals surface area contributed by atoms with Gasteiger partial charge in [0.05, 0.1) is 12.2 Å². The molecule has 3 rings (SSSR count). The number of pyridine rings is 1. The number of hydrogen-bond donors (Lipinski definition) is 1. The second-order valence-corrected chi connectivity index (χ2v) is 5.36. The summed E-state index contributed by atoms with van der Waals surface area (Å²) in [5.74, 6) is 0.557. The maximum absolute atomic E-state index is 12.5. The number of hydrogen-bond acceptors (Lipinski definition) is 4. The fourth-order valence-corrected chi connectivity index (χ4v) is 2.48. The molecule has 1 aliphatic rings. The van der Waals surface area contributed by atoms with Gasteiger partial charge in [-0.2, -0.15) is 0 Å². The van der Waals surface area contributed by atoms with Crippen molar-refractivity contribution in [3.63, 3.8) is 0 Å². The number of benzene rings is 1. The number of nitrogens with one attached hydrogen (secondary N) is 1. The number of para-hydroxylation sites is 2. The average Bonchev–Trinajstić information content (AvgIpc) is 2.55. The van der Waals surface area contributed by atoms with E-state index in [4.69, 9.17) is 4.74 Å². The van der Waals surface area contributed by atoms with E-state index in [-0.39, 0.29) is 18.4 Å². The van der Waals surface area contributed by atoms with Gasteiger partial charge in [0.1, 0.15) is 11.6 Å². The fourth-order valence-electron chi connectivity index (χ4n) is 2.48. The van der Waals surface area contributed by atoms with Crippen molar-refractivity contribution in [2.75, 3.05) is 16.8 Å². The third kappa shape index (κ3) is 3.01. The van der Waals surface area contributed by atoms with Gasteiger partial charge in [0.15, 0.2) is 6.10 Å². The molecule has 1 aliphatic heterocycles. The molecule has 0 bridgehead atoms. The Morgan fingerprint density at radius 2 is 2.04 bits per heavy atom. The molecule has 2 aromatic rings. The summed E-state index contributed by atoms with van der Waals surface area (Å²) in [7, 11) is 0. The molecule has 0 saturated carbocycles. The average molecular weight is 311 g/mol. The smallest absolute Gasteiger partial charge is 0.268 e. The molecule has 0 fully saturated rings. The van der Waals surface area contributed by atoms with Crippen molar-refractivity contribution in [3.05, 3.63) is 48.2 Å². The standard InChI is InChI=1S/C17H17N3O3/c1-11-6-5-9-18-16(11)19-17(22)15-10-20(12(2)21)13-7-3-4-8-14(13)23-15/h3-9,15H,10H2,1-2H3,(H,18,19,22). The first-order chi connectivity index (χ1) is 11.1. The predicted octanol–water partition coefficient (Wildman–Crippen LogP) is 2.14. The lowest BCUT2D eigenvalue weighted by molar-refractivity contribution is -0.123. The highest BCUT2D eigenvalue weighted by atomic mass is 16.5. The second-order valence-electron chi connectivity index (χ2n) is 5.36. The summed E-state index contributed by atoms with van der Waals surface area (Å²) in [5.41, 5.74) is 1.54. The number of carbonyl (C=O) groups excluding carboxylic acids is 2.